The number of thioether (sulfide) groups is 1. The monoisotopic (exact) mass is 420 g/mol. The van der Waals surface area contributed by atoms with E-state index in [4.69, 9.17) is 9.72 Å². The first-order valence-electron chi connectivity index (χ1n) is 10.3. The van der Waals surface area contributed by atoms with Crippen LogP contribution in [-0.4, -0.2) is 28.7 Å². The maximum Gasteiger partial charge on any atom is 0.126 e. The Bertz CT molecular complexity index is 1010. The fourth-order valence-corrected chi connectivity index (χ4v) is 4.74. The van der Waals surface area contributed by atoms with E-state index < -0.39 is 0 Å². The lowest BCUT2D eigenvalue weighted by Gasteiger charge is -2.15. The lowest BCUT2D eigenvalue weighted by atomic mass is 10.0. The number of ether oxygens (including phenoxy) is 1. The van der Waals surface area contributed by atoms with E-state index in [1.165, 1.54) is 11.1 Å². The van der Waals surface area contributed by atoms with Gasteiger partial charge in [0.25, 0.3) is 0 Å². The van der Waals surface area contributed by atoms with Crippen molar-refractivity contribution in [1.29, 1.82) is 0 Å². The predicted octanol–water partition coefficient (Wildman–Crippen LogP) is 5.15. The molecule has 1 atom stereocenters. The largest absolute Gasteiger partial charge is 0.491 e. The second-order valence-electron chi connectivity index (χ2n) is 7.83. The number of pyridine rings is 1. The zero-order valence-corrected chi connectivity index (χ0v) is 18.6. The summed E-state index contributed by atoms with van der Waals surface area (Å²) in [6.45, 7) is 15.0. The molecule has 0 amide bonds. The molecule has 0 bridgehead atoms. The summed E-state index contributed by atoms with van der Waals surface area (Å²) in [5.74, 6) is 1.89. The fraction of sp³-hybridized carbons (Fsp3) is 0.333. The predicted molar refractivity (Wildman–Crippen MR) is 127 cm³/mol. The molecule has 1 fully saturated rings. The Hall–Kier alpha value is -2.73. The van der Waals surface area contributed by atoms with Crippen LogP contribution in [0, 0.1) is 0 Å². The van der Waals surface area contributed by atoms with Crippen LogP contribution in [0.4, 0.5) is 5.69 Å². The third-order valence-corrected chi connectivity index (χ3v) is 6.18. The first kappa shape index (κ1) is 20.5. The zero-order valence-electron chi connectivity index (χ0n) is 17.8. The van der Waals surface area contributed by atoms with Crippen LogP contribution in [0.25, 0.3) is 11.3 Å². The van der Waals surface area contributed by atoms with E-state index in [0.29, 0.717) is 5.25 Å². The Labute approximate surface area is 182 Å². The minimum atomic E-state index is 0.104. The number of nitrogens with zero attached hydrogens (tertiary/aromatic N) is 2. The van der Waals surface area contributed by atoms with Crippen molar-refractivity contribution in [3.63, 3.8) is 0 Å². The van der Waals surface area contributed by atoms with E-state index in [-0.39, 0.29) is 6.10 Å². The summed E-state index contributed by atoms with van der Waals surface area (Å²) in [4.78, 5) is 9.29. The van der Waals surface area contributed by atoms with Crippen LogP contribution in [0.3, 0.4) is 0 Å². The highest BCUT2D eigenvalue weighted by molar-refractivity contribution is 8.04. The average molecular weight is 421 g/mol. The molecule has 2 N–H and O–H groups in total. The molecule has 1 saturated heterocycles. The highest BCUT2D eigenvalue weighted by Gasteiger charge is 2.24. The minimum absolute atomic E-state index is 0.104. The van der Waals surface area contributed by atoms with Crippen molar-refractivity contribution in [2.75, 3.05) is 11.9 Å². The van der Waals surface area contributed by atoms with E-state index in [0.717, 1.165) is 58.6 Å². The van der Waals surface area contributed by atoms with Crippen LogP contribution in [0.1, 0.15) is 31.9 Å². The van der Waals surface area contributed by atoms with Gasteiger partial charge in [0, 0.05) is 41.7 Å². The number of hydrogen-bond acceptors (Lipinski definition) is 5. The Morgan fingerprint density at radius 3 is 2.73 bits per heavy atom. The molecule has 1 aromatic heterocycles. The number of aromatic nitrogens is 1. The Balaban J connectivity index is 1.59. The van der Waals surface area contributed by atoms with Gasteiger partial charge in [0.15, 0.2) is 0 Å². The quantitative estimate of drug-likeness (QED) is 0.676. The summed E-state index contributed by atoms with van der Waals surface area (Å²) >= 11 is 1.73. The number of fused-ring (bicyclic) bond motifs is 1. The summed E-state index contributed by atoms with van der Waals surface area (Å²) in [6.07, 6.45) is 3.72. The van der Waals surface area contributed by atoms with E-state index in [2.05, 4.69) is 53.0 Å². The van der Waals surface area contributed by atoms with Gasteiger partial charge in [-0.05, 0) is 51.0 Å². The maximum atomic E-state index is 6.13. The second kappa shape index (κ2) is 8.56. The Morgan fingerprint density at radius 1 is 1.27 bits per heavy atom. The SMILES string of the molecule is C=C1NC(=C)C(Cc2ccc(-c3cc4c(c(OC(C)C)c3)CC(=NCC)N4)nc2)S1. The molecule has 1 unspecified atom stereocenters. The number of hydrogen-bond donors (Lipinski definition) is 2. The van der Waals surface area contributed by atoms with Crippen molar-refractivity contribution in [2.24, 2.45) is 4.99 Å². The molecule has 0 saturated carbocycles. The van der Waals surface area contributed by atoms with Crippen molar-refractivity contribution in [2.45, 2.75) is 45.0 Å². The smallest absolute Gasteiger partial charge is 0.126 e. The van der Waals surface area contributed by atoms with Crippen LogP contribution in [-0.2, 0) is 12.8 Å². The van der Waals surface area contributed by atoms with Crippen LogP contribution in [0.15, 0.2) is 59.3 Å². The summed E-state index contributed by atoms with van der Waals surface area (Å²) in [5.41, 5.74) is 6.39. The van der Waals surface area contributed by atoms with Crippen molar-refractivity contribution in [3.8, 4) is 17.0 Å². The molecular formula is C24H28N4OS. The van der Waals surface area contributed by atoms with Crippen molar-refractivity contribution >= 4 is 23.3 Å². The van der Waals surface area contributed by atoms with Crippen molar-refractivity contribution < 1.29 is 4.74 Å². The molecule has 2 aliphatic heterocycles. The third kappa shape index (κ3) is 4.38. The fourth-order valence-electron chi connectivity index (χ4n) is 3.73. The third-order valence-electron chi connectivity index (χ3n) is 5.06. The number of anilines is 1. The van der Waals surface area contributed by atoms with E-state index in [9.17, 15) is 0 Å². The number of nitrogens with one attached hydrogen (secondary N) is 2. The van der Waals surface area contributed by atoms with Gasteiger partial charge in [-0.25, -0.2) is 0 Å². The topological polar surface area (TPSA) is 58.5 Å². The average Bonchev–Trinajstić information content (AvgIpc) is 3.24. The second-order valence-corrected chi connectivity index (χ2v) is 9.12. The highest BCUT2D eigenvalue weighted by atomic mass is 32.2. The van der Waals surface area contributed by atoms with Gasteiger partial charge in [0.2, 0.25) is 0 Å². The van der Waals surface area contributed by atoms with Gasteiger partial charge < -0.3 is 15.4 Å². The van der Waals surface area contributed by atoms with Crippen molar-refractivity contribution in [1.82, 2.24) is 10.3 Å². The van der Waals surface area contributed by atoms with Gasteiger partial charge in [-0.1, -0.05) is 31.0 Å². The Morgan fingerprint density at radius 2 is 2.10 bits per heavy atom. The molecule has 0 aliphatic carbocycles. The van der Waals surface area contributed by atoms with Gasteiger partial charge in [-0.15, -0.1) is 0 Å². The summed E-state index contributed by atoms with van der Waals surface area (Å²) in [6, 6.07) is 8.47. The standard InChI is InChI=1S/C24H28N4OS/c1-6-25-24-12-19-21(28-24)10-18(11-22(19)29-14(2)3)20-8-7-17(13-26-20)9-23-15(4)27-16(5)30-23/h7-8,10-11,13-14,23,27H,4-6,9,12H2,1-3H3,(H,25,28). The molecule has 0 spiro atoms. The van der Waals surface area contributed by atoms with Crippen LogP contribution in [0.5, 0.6) is 5.75 Å². The van der Waals surface area contributed by atoms with Gasteiger partial charge in [0.05, 0.1) is 22.1 Å². The van der Waals surface area contributed by atoms with E-state index in [1.54, 1.807) is 11.8 Å². The zero-order chi connectivity index (χ0) is 21.3. The van der Waals surface area contributed by atoms with Crippen molar-refractivity contribution in [3.05, 3.63) is 65.5 Å². The lowest BCUT2D eigenvalue weighted by molar-refractivity contribution is 0.241. The molecule has 2 aliphatic rings. The lowest BCUT2D eigenvalue weighted by Crippen LogP contribution is -2.11. The highest BCUT2D eigenvalue weighted by Crippen LogP contribution is 2.38. The summed E-state index contributed by atoms with van der Waals surface area (Å²) in [7, 11) is 0. The van der Waals surface area contributed by atoms with Gasteiger partial charge in [-0.2, -0.15) is 0 Å². The first-order chi connectivity index (χ1) is 14.4. The summed E-state index contributed by atoms with van der Waals surface area (Å²) in [5, 5.41) is 7.91. The van der Waals surface area contributed by atoms with Gasteiger partial charge in [-0.3, -0.25) is 9.98 Å². The van der Waals surface area contributed by atoms with Gasteiger partial charge in [0.1, 0.15) is 11.6 Å². The normalized spacial score (nSPS) is 19.2. The molecule has 156 valence electrons. The van der Waals surface area contributed by atoms with Crippen LogP contribution >= 0.6 is 11.8 Å². The first-order valence-corrected chi connectivity index (χ1v) is 11.2. The molecule has 3 heterocycles. The van der Waals surface area contributed by atoms with E-state index in [1.807, 2.05) is 27.0 Å². The Kier molecular flexibility index (Phi) is 5.86. The summed E-state index contributed by atoms with van der Waals surface area (Å²) < 4.78 is 6.13. The van der Waals surface area contributed by atoms with E-state index >= 15 is 0 Å². The number of rotatable bonds is 6. The molecule has 30 heavy (non-hydrogen) atoms. The number of amidine groups is 1. The van der Waals surface area contributed by atoms with Crippen LogP contribution < -0.4 is 15.4 Å². The minimum Gasteiger partial charge on any atom is -0.491 e. The molecule has 4 rings (SSSR count). The maximum absolute atomic E-state index is 6.13. The molecule has 6 heteroatoms. The number of benzene rings is 1. The van der Waals surface area contributed by atoms with Gasteiger partial charge >= 0.3 is 0 Å². The number of aliphatic imine (C=N–C) groups is 1. The molecule has 5 nitrogen and oxygen atoms in total. The molecule has 1 aromatic carbocycles. The molecular weight excluding hydrogens is 392 g/mol. The van der Waals surface area contributed by atoms with Crippen LogP contribution in [0.2, 0.25) is 0 Å². The molecule has 2 aromatic rings. The molecule has 0 radical (unpaired) electrons.